The van der Waals surface area contributed by atoms with Gasteiger partial charge in [0, 0.05) is 12.1 Å². The molecule has 0 fully saturated rings. The van der Waals surface area contributed by atoms with Gasteiger partial charge in [-0.15, -0.1) is 0 Å². The number of nitrogens with one attached hydrogen (secondary N) is 1. The van der Waals surface area contributed by atoms with Crippen LogP contribution in [0.1, 0.15) is 18.9 Å². The lowest BCUT2D eigenvalue weighted by molar-refractivity contribution is 0.447. The van der Waals surface area contributed by atoms with E-state index in [0.29, 0.717) is 6.54 Å². The lowest BCUT2D eigenvalue weighted by Gasteiger charge is -2.08. The van der Waals surface area contributed by atoms with Gasteiger partial charge in [-0.3, -0.25) is 0 Å². The summed E-state index contributed by atoms with van der Waals surface area (Å²) in [6, 6.07) is 5.97. The molecule has 2 aromatic rings. The summed E-state index contributed by atoms with van der Waals surface area (Å²) in [4.78, 5) is 0. The van der Waals surface area contributed by atoms with E-state index in [-0.39, 0.29) is 11.1 Å². The maximum Gasteiger partial charge on any atom is 0.194 e. The molecule has 0 amide bonds. The van der Waals surface area contributed by atoms with Crippen molar-refractivity contribution >= 4 is 0 Å². The topological polar surface area (TPSA) is 12.0 Å². The monoisotopic (exact) mass is 297 g/mol. The lowest BCUT2D eigenvalue weighted by Crippen LogP contribution is -2.13. The van der Waals surface area contributed by atoms with Crippen LogP contribution in [0.2, 0.25) is 0 Å². The highest BCUT2D eigenvalue weighted by molar-refractivity contribution is 5.64. The molecule has 0 aliphatic rings. The first-order valence-corrected chi connectivity index (χ1v) is 6.67. The van der Waals surface area contributed by atoms with E-state index in [4.69, 9.17) is 0 Å². The Morgan fingerprint density at radius 3 is 2.14 bits per heavy atom. The molecule has 0 aromatic heterocycles. The summed E-state index contributed by atoms with van der Waals surface area (Å²) in [6.07, 6.45) is 0.967. The van der Waals surface area contributed by atoms with E-state index < -0.39 is 23.3 Å². The molecule has 0 saturated heterocycles. The van der Waals surface area contributed by atoms with Crippen molar-refractivity contribution in [3.63, 3.8) is 0 Å². The number of hydrogen-bond acceptors (Lipinski definition) is 1. The van der Waals surface area contributed by atoms with Crippen molar-refractivity contribution in [2.45, 2.75) is 19.9 Å². The summed E-state index contributed by atoms with van der Waals surface area (Å²) in [7, 11) is 0. The molecule has 0 atom stereocenters. The van der Waals surface area contributed by atoms with Gasteiger partial charge in [0.25, 0.3) is 0 Å². The van der Waals surface area contributed by atoms with E-state index in [0.717, 1.165) is 30.7 Å². The minimum absolute atomic E-state index is 0.0306. The van der Waals surface area contributed by atoms with Crippen molar-refractivity contribution in [2.75, 3.05) is 6.54 Å². The Morgan fingerprint density at radius 2 is 1.57 bits per heavy atom. The Morgan fingerprint density at radius 1 is 0.905 bits per heavy atom. The van der Waals surface area contributed by atoms with Crippen LogP contribution in [-0.2, 0) is 6.54 Å². The zero-order valence-electron chi connectivity index (χ0n) is 11.5. The summed E-state index contributed by atoms with van der Waals surface area (Å²) < 4.78 is 53.3. The van der Waals surface area contributed by atoms with E-state index >= 15 is 0 Å². The summed E-state index contributed by atoms with van der Waals surface area (Å²) in [6.45, 7) is 3.35. The normalized spacial score (nSPS) is 10.9. The predicted molar refractivity (Wildman–Crippen MR) is 73.7 cm³/mol. The van der Waals surface area contributed by atoms with Crippen LogP contribution in [0.5, 0.6) is 0 Å². The fourth-order valence-electron chi connectivity index (χ4n) is 2.02. The summed E-state index contributed by atoms with van der Waals surface area (Å²) in [5, 5.41) is 3.13. The minimum atomic E-state index is -1.56. The van der Waals surface area contributed by atoms with Gasteiger partial charge in [-0.05, 0) is 42.3 Å². The third-order valence-electron chi connectivity index (χ3n) is 3.08. The molecule has 0 unspecified atom stereocenters. The van der Waals surface area contributed by atoms with Crippen LogP contribution < -0.4 is 5.32 Å². The van der Waals surface area contributed by atoms with Gasteiger partial charge in [-0.2, -0.15) is 0 Å². The van der Waals surface area contributed by atoms with E-state index in [1.807, 2.05) is 6.92 Å². The van der Waals surface area contributed by atoms with Crippen molar-refractivity contribution in [1.29, 1.82) is 0 Å². The summed E-state index contributed by atoms with van der Waals surface area (Å²) in [5.74, 6) is -4.83. The molecule has 2 rings (SSSR count). The number of benzene rings is 2. The molecule has 0 saturated carbocycles. The van der Waals surface area contributed by atoms with Crippen LogP contribution in [0, 0.1) is 23.3 Å². The van der Waals surface area contributed by atoms with Gasteiger partial charge in [0.1, 0.15) is 5.82 Å². The van der Waals surface area contributed by atoms with Crippen LogP contribution in [0.4, 0.5) is 17.6 Å². The highest BCUT2D eigenvalue weighted by Gasteiger charge is 2.14. The van der Waals surface area contributed by atoms with Gasteiger partial charge >= 0.3 is 0 Å². The fraction of sp³-hybridized carbons (Fsp3) is 0.250. The van der Waals surface area contributed by atoms with E-state index in [9.17, 15) is 17.6 Å². The molecule has 1 nitrogen and oxygen atoms in total. The van der Waals surface area contributed by atoms with Crippen molar-refractivity contribution in [3.8, 4) is 11.1 Å². The SMILES string of the molecule is CCCNCc1ccc(-c2cc(F)c(F)c(F)c2)c(F)c1. The predicted octanol–water partition coefficient (Wildman–Crippen LogP) is 4.41. The molecule has 0 aliphatic carbocycles. The fourth-order valence-corrected chi connectivity index (χ4v) is 2.02. The maximum atomic E-state index is 14.0. The van der Waals surface area contributed by atoms with Gasteiger partial charge in [0.15, 0.2) is 17.5 Å². The molecule has 2 aromatic carbocycles. The molecule has 112 valence electrons. The van der Waals surface area contributed by atoms with Gasteiger partial charge < -0.3 is 5.32 Å². The third-order valence-corrected chi connectivity index (χ3v) is 3.08. The van der Waals surface area contributed by atoms with E-state index in [2.05, 4.69) is 5.32 Å². The highest BCUT2D eigenvalue weighted by Crippen LogP contribution is 2.26. The van der Waals surface area contributed by atoms with Crippen molar-refractivity contribution < 1.29 is 17.6 Å². The molecule has 0 bridgehead atoms. The molecule has 5 heteroatoms. The quantitative estimate of drug-likeness (QED) is 0.490. The number of hydrogen-bond donors (Lipinski definition) is 1. The van der Waals surface area contributed by atoms with Gasteiger partial charge in [-0.1, -0.05) is 19.1 Å². The smallest absolute Gasteiger partial charge is 0.194 e. The van der Waals surface area contributed by atoms with Crippen LogP contribution in [0.25, 0.3) is 11.1 Å². The molecule has 0 spiro atoms. The maximum absolute atomic E-state index is 14.0. The zero-order chi connectivity index (χ0) is 15.4. The van der Waals surface area contributed by atoms with Crippen molar-refractivity contribution in [3.05, 3.63) is 59.2 Å². The molecule has 21 heavy (non-hydrogen) atoms. The Labute approximate surface area is 120 Å². The summed E-state index contributed by atoms with van der Waals surface area (Å²) >= 11 is 0. The second-order valence-corrected chi connectivity index (χ2v) is 4.74. The number of halogens is 4. The van der Waals surface area contributed by atoms with Gasteiger partial charge in [0.2, 0.25) is 0 Å². The molecule has 1 N–H and O–H groups in total. The second kappa shape index (κ2) is 6.72. The average molecular weight is 297 g/mol. The Kier molecular flexibility index (Phi) is 4.96. The Balaban J connectivity index is 2.29. The second-order valence-electron chi connectivity index (χ2n) is 4.74. The summed E-state index contributed by atoms with van der Waals surface area (Å²) in [5.41, 5.74) is 0.733. The first-order chi connectivity index (χ1) is 10.0. The Hall–Kier alpha value is -1.88. The highest BCUT2D eigenvalue weighted by atomic mass is 19.2. The molecule has 0 aliphatic heterocycles. The van der Waals surface area contributed by atoms with Crippen molar-refractivity contribution in [2.24, 2.45) is 0 Å². The zero-order valence-corrected chi connectivity index (χ0v) is 11.5. The van der Waals surface area contributed by atoms with Crippen LogP contribution >= 0.6 is 0 Å². The van der Waals surface area contributed by atoms with Crippen LogP contribution in [-0.4, -0.2) is 6.54 Å². The third kappa shape index (κ3) is 3.61. The largest absolute Gasteiger partial charge is 0.313 e. The number of rotatable bonds is 5. The standard InChI is InChI=1S/C16H15F4N/c1-2-5-21-9-10-3-4-12(13(17)6-10)11-7-14(18)16(20)15(19)8-11/h3-4,6-8,21H,2,5,9H2,1H3. The van der Waals surface area contributed by atoms with Crippen molar-refractivity contribution in [1.82, 2.24) is 5.32 Å². The van der Waals surface area contributed by atoms with E-state index in [1.54, 1.807) is 6.07 Å². The lowest BCUT2D eigenvalue weighted by atomic mass is 10.0. The first-order valence-electron chi connectivity index (χ1n) is 6.67. The van der Waals surface area contributed by atoms with Gasteiger partial charge in [-0.25, -0.2) is 17.6 Å². The molecule has 0 radical (unpaired) electrons. The molecular weight excluding hydrogens is 282 g/mol. The van der Waals surface area contributed by atoms with E-state index in [1.165, 1.54) is 12.1 Å². The molecule has 0 heterocycles. The van der Waals surface area contributed by atoms with Gasteiger partial charge in [0.05, 0.1) is 0 Å². The molecular formula is C16H15F4N. The minimum Gasteiger partial charge on any atom is -0.313 e. The average Bonchev–Trinajstić information content (AvgIpc) is 2.45. The Bertz CT molecular complexity index is 617. The first kappa shape index (κ1) is 15.5. The van der Waals surface area contributed by atoms with Crippen LogP contribution in [0.3, 0.4) is 0 Å². The van der Waals surface area contributed by atoms with Crippen LogP contribution in [0.15, 0.2) is 30.3 Å².